The first kappa shape index (κ1) is 16.7. The highest BCUT2D eigenvalue weighted by Gasteiger charge is 2.19. The van der Waals surface area contributed by atoms with Crippen LogP contribution in [0.5, 0.6) is 0 Å². The summed E-state index contributed by atoms with van der Waals surface area (Å²) in [6, 6.07) is 6.25. The minimum absolute atomic E-state index is 0.0992. The Bertz CT molecular complexity index is 666. The fourth-order valence-corrected chi connectivity index (χ4v) is 2.62. The van der Waals surface area contributed by atoms with Crippen LogP contribution in [0.25, 0.3) is 10.9 Å². The van der Waals surface area contributed by atoms with E-state index in [0.717, 1.165) is 11.3 Å². The van der Waals surface area contributed by atoms with Crippen molar-refractivity contribution in [3.8, 4) is 0 Å². The molecule has 1 aromatic heterocycles. The van der Waals surface area contributed by atoms with Gasteiger partial charge in [-0.25, -0.2) is 4.98 Å². The van der Waals surface area contributed by atoms with Crippen LogP contribution in [0.4, 0.5) is 5.82 Å². The van der Waals surface area contributed by atoms with Crippen LogP contribution in [-0.4, -0.2) is 33.9 Å². The van der Waals surface area contributed by atoms with Gasteiger partial charge in [0.15, 0.2) is 0 Å². The zero-order chi connectivity index (χ0) is 16.3. The molecule has 0 unspecified atom stereocenters. The van der Waals surface area contributed by atoms with E-state index in [2.05, 4.69) is 38.2 Å². The molecule has 0 saturated heterocycles. The fourth-order valence-electron chi connectivity index (χ4n) is 2.62. The van der Waals surface area contributed by atoms with E-state index in [0.29, 0.717) is 19.4 Å². The number of aromatic nitrogens is 1. The Hall–Kier alpha value is -1.65. The number of nitrogens with one attached hydrogen (secondary N) is 1. The van der Waals surface area contributed by atoms with Gasteiger partial charge in [0.2, 0.25) is 0 Å². The molecule has 2 rings (SSSR count). The maximum atomic E-state index is 10.3. The van der Waals surface area contributed by atoms with Crippen LogP contribution < -0.4 is 5.32 Å². The summed E-state index contributed by atoms with van der Waals surface area (Å²) in [5.41, 5.74) is 3.75. The molecule has 0 bridgehead atoms. The Morgan fingerprint density at radius 1 is 1.18 bits per heavy atom. The normalized spacial score (nSPS) is 14.1. The summed E-state index contributed by atoms with van der Waals surface area (Å²) in [5.74, 6) is 0.781. The Balaban J connectivity index is 2.24. The van der Waals surface area contributed by atoms with Crippen molar-refractivity contribution in [2.45, 2.75) is 46.1 Å². The summed E-state index contributed by atoms with van der Waals surface area (Å²) < 4.78 is 0. The highest BCUT2D eigenvalue weighted by molar-refractivity contribution is 5.87. The van der Waals surface area contributed by atoms with Crippen LogP contribution in [0.1, 0.15) is 36.5 Å². The zero-order valence-corrected chi connectivity index (χ0v) is 13.9. The molecule has 22 heavy (non-hydrogen) atoms. The molecule has 0 aliphatic rings. The average Bonchev–Trinajstić information content (AvgIpc) is 2.47. The second-order valence-electron chi connectivity index (χ2n) is 6.41. The number of aliphatic hydroxyl groups excluding tert-OH is 1. The molecule has 0 radical (unpaired) electrons. The number of aryl methyl sites for hydroxylation is 3. The van der Waals surface area contributed by atoms with Gasteiger partial charge in [0.05, 0.1) is 11.1 Å². The van der Waals surface area contributed by atoms with Crippen molar-refractivity contribution in [1.29, 1.82) is 0 Å². The predicted octanol–water partition coefficient (Wildman–Crippen LogP) is 3.10. The Labute approximate surface area is 132 Å². The van der Waals surface area contributed by atoms with E-state index in [1.54, 1.807) is 6.92 Å². The molecule has 0 aliphatic carbocycles. The quantitative estimate of drug-likeness (QED) is 0.767. The highest BCUT2D eigenvalue weighted by Crippen LogP contribution is 2.25. The van der Waals surface area contributed by atoms with Crippen molar-refractivity contribution in [3.05, 3.63) is 34.9 Å². The summed E-state index contributed by atoms with van der Waals surface area (Å²) in [4.78, 5) is 4.71. The van der Waals surface area contributed by atoms with E-state index in [9.17, 15) is 5.11 Å². The maximum absolute atomic E-state index is 10.3. The predicted molar refractivity (Wildman–Crippen MR) is 91.4 cm³/mol. The van der Waals surface area contributed by atoms with E-state index >= 15 is 0 Å². The third kappa shape index (κ3) is 3.76. The first-order chi connectivity index (χ1) is 10.3. The van der Waals surface area contributed by atoms with Gasteiger partial charge in [-0.05, 0) is 63.3 Å². The molecule has 0 fully saturated rings. The van der Waals surface area contributed by atoms with Gasteiger partial charge in [-0.3, -0.25) is 0 Å². The first-order valence-electron chi connectivity index (χ1n) is 7.79. The van der Waals surface area contributed by atoms with Crippen molar-refractivity contribution in [1.82, 2.24) is 4.98 Å². The molecule has 1 atom stereocenters. The van der Waals surface area contributed by atoms with Crippen molar-refractivity contribution in [2.75, 3.05) is 18.5 Å². The molecule has 120 valence electrons. The molecule has 1 heterocycles. The molecule has 2 aromatic rings. The van der Waals surface area contributed by atoms with Gasteiger partial charge in [0, 0.05) is 18.5 Å². The second-order valence-corrected chi connectivity index (χ2v) is 6.41. The number of nitrogens with zero attached hydrogens (tertiary/aromatic N) is 1. The standard InChI is InChI=1S/C18H26N2O2/c1-12-6-7-15-13(2)10-16(20-17(15)14(12)3)19-11-18(4,22)8-5-9-21/h6-7,10,21-22H,5,8-9,11H2,1-4H3,(H,19,20)/t18-/m0/s1. The number of aliphatic hydroxyl groups is 2. The van der Waals surface area contributed by atoms with Crippen molar-refractivity contribution in [3.63, 3.8) is 0 Å². The molecule has 3 N–H and O–H groups in total. The lowest BCUT2D eigenvalue weighted by Gasteiger charge is -2.24. The largest absolute Gasteiger partial charge is 0.396 e. The zero-order valence-electron chi connectivity index (χ0n) is 13.9. The lowest BCUT2D eigenvalue weighted by molar-refractivity contribution is 0.0565. The van der Waals surface area contributed by atoms with Gasteiger partial charge in [0.1, 0.15) is 5.82 Å². The minimum atomic E-state index is -0.852. The van der Waals surface area contributed by atoms with Crippen LogP contribution >= 0.6 is 0 Å². The maximum Gasteiger partial charge on any atom is 0.127 e. The van der Waals surface area contributed by atoms with E-state index in [4.69, 9.17) is 10.1 Å². The number of pyridine rings is 1. The first-order valence-corrected chi connectivity index (χ1v) is 7.79. The van der Waals surface area contributed by atoms with E-state index < -0.39 is 5.60 Å². The topological polar surface area (TPSA) is 65.4 Å². The SMILES string of the molecule is Cc1ccc2c(C)cc(NC[C@@](C)(O)CCCO)nc2c1C. The van der Waals surface area contributed by atoms with Gasteiger partial charge in [-0.2, -0.15) is 0 Å². The third-order valence-electron chi connectivity index (χ3n) is 4.24. The Morgan fingerprint density at radius 3 is 2.59 bits per heavy atom. The molecular formula is C18H26N2O2. The van der Waals surface area contributed by atoms with Gasteiger partial charge in [-0.1, -0.05) is 12.1 Å². The summed E-state index contributed by atoms with van der Waals surface area (Å²) in [6.45, 7) is 8.54. The molecule has 4 nitrogen and oxygen atoms in total. The van der Waals surface area contributed by atoms with Gasteiger partial charge in [-0.15, -0.1) is 0 Å². The number of benzene rings is 1. The van der Waals surface area contributed by atoms with Crippen molar-refractivity contribution < 1.29 is 10.2 Å². The van der Waals surface area contributed by atoms with Crippen LogP contribution in [0.15, 0.2) is 18.2 Å². The number of rotatable bonds is 6. The monoisotopic (exact) mass is 302 g/mol. The molecule has 0 aliphatic heterocycles. The molecular weight excluding hydrogens is 276 g/mol. The molecule has 0 amide bonds. The van der Waals surface area contributed by atoms with Crippen LogP contribution in [-0.2, 0) is 0 Å². The number of hydrogen-bond donors (Lipinski definition) is 3. The highest BCUT2D eigenvalue weighted by atomic mass is 16.3. The molecule has 1 aromatic carbocycles. The van der Waals surface area contributed by atoms with Gasteiger partial charge >= 0.3 is 0 Å². The summed E-state index contributed by atoms with van der Waals surface area (Å²) in [5, 5.41) is 23.6. The summed E-state index contributed by atoms with van der Waals surface area (Å²) in [6.07, 6.45) is 1.15. The van der Waals surface area contributed by atoms with Crippen molar-refractivity contribution >= 4 is 16.7 Å². The summed E-state index contributed by atoms with van der Waals surface area (Å²) >= 11 is 0. The average molecular weight is 302 g/mol. The Kier molecular flexibility index (Phi) is 5.04. The summed E-state index contributed by atoms with van der Waals surface area (Å²) in [7, 11) is 0. The van der Waals surface area contributed by atoms with Crippen molar-refractivity contribution in [2.24, 2.45) is 0 Å². The fraction of sp³-hybridized carbons (Fsp3) is 0.500. The Morgan fingerprint density at radius 2 is 1.91 bits per heavy atom. The molecule has 0 spiro atoms. The number of fused-ring (bicyclic) bond motifs is 1. The van der Waals surface area contributed by atoms with Gasteiger partial charge in [0.25, 0.3) is 0 Å². The minimum Gasteiger partial charge on any atom is -0.396 e. The van der Waals surface area contributed by atoms with Crippen LogP contribution in [0.3, 0.4) is 0 Å². The smallest absolute Gasteiger partial charge is 0.127 e. The van der Waals surface area contributed by atoms with Crippen LogP contribution in [0.2, 0.25) is 0 Å². The lowest BCUT2D eigenvalue weighted by Crippen LogP contribution is -2.33. The molecule has 0 saturated carbocycles. The number of hydrogen-bond acceptors (Lipinski definition) is 4. The van der Waals surface area contributed by atoms with Crippen LogP contribution in [0, 0.1) is 20.8 Å². The van der Waals surface area contributed by atoms with E-state index in [1.807, 2.05) is 6.07 Å². The number of anilines is 1. The second kappa shape index (κ2) is 6.63. The lowest BCUT2D eigenvalue weighted by atomic mass is 10.00. The van der Waals surface area contributed by atoms with E-state index in [-0.39, 0.29) is 6.61 Å². The molecule has 4 heteroatoms. The van der Waals surface area contributed by atoms with E-state index in [1.165, 1.54) is 22.1 Å². The van der Waals surface area contributed by atoms with Gasteiger partial charge < -0.3 is 15.5 Å². The third-order valence-corrected chi connectivity index (χ3v) is 4.24.